The van der Waals surface area contributed by atoms with Crippen LogP contribution in [0.5, 0.6) is 0 Å². The number of ether oxygens (including phenoxy) is 2. The standard InChI is InChI=1S/C13H21NO10/c1-5(15)14-9-7(17)3-13(22,12(20)21)24-11(9)10(19)8(18)4-23-6(2)16/h7-11,17-19,22H,3-4H2,1-2H3,(H,14,15)(H,20,21)/p-1/t7?,8?,9-,10+,11?,13+/m1/s1. The van der Waals surface area contributed by atoms with Gasteiger partial charge < -0.3 is 45.1 Å². The Morgan fingerprint density at radius 1 is 1.38 bits per heavy atom. The van der Waals surface area contributed by atoms with Gasteiger partial charge in [-0.3, -0.25) is 9.59 Å². The van der Waals surface area contributed by atoms with Crippen LogP contribution in [0.2, 0.25) is 0 Å². The molecule has 1 fully saturated rings. The Morgan fingerprint density at radius 2 is 1.96 bits per heavy atom. The SMILES string of the molecule is CC(=O)N[C@@H]1C(O)C[C@@](O)(C(=O)[O-])OC1[C@@H](O)C(O)COC(C)=O. The molecule has 0 aliphatic carbocycles. The van der Waals surface area contributed by atoms with Crippen LogP contribution >= 0.6 is 0 Å². The minimum absolute atomic E-state index is 0.631. The maximum absolute atomic E-state index is 11.2. The fourth-order valence-corrected chi connectivity index (χ4v) is 2.32. The summed E-state index contributed by atoms with van der Waals surface area (Å²) in [5.74, 6) is -6.36. The van der Waals surface area contributed by atoms with Crippen molar-refractivity contribution in [2.75, 3.05) is 6.61 Å². The van der Waals surface area contributed by atoms with E-state index in [2.05, 4.69) is 10.1 Å². The van der Waals surface area contributed by atoms with E-state index in [1.54, 1.807) is 0 Å². The molecule has 0 aromatic heterocycles. The van der Waals surface area contributed by atoms with E-state index < -0.39 is 67.1 Å². The van der Waals surface area contributed by atoms with Gasteiger partial charge in [-0.1, -0.05) is 0 Å². The molecular weight excluding hydrogens is 330 g/mol. The number of amides is 1. The van der Waals surface area contributed by atoms with Crippen molar-refractivity contribution in [3.8, 4) is 0 Å². The normalized spacial score (nSPS) is 32.5. The van der Waals surface area contributed by atoms with Crippen LogP contribution in [0.15, 0.2) is 0 Å². The molecule has 1 saturated heterocycles. The molecule has 5 N–H and O–H groups in total. The number of hydrogen-bond acceptors (Lipinski definition) is 10. The molecule has 1 rings (SSSR count). The van der Waals surface area contributed by atoms with Crippen molar-refractivity contribution in [1.82, 2.24) is 5.32 Å². The molecule has 1 heterocycles. The second-order valence-corrected chi connectivity index (χ2v) is 5.51. The van der Waals surface area contributed by atoms with E-state index in [1.165, 1.54) is 0 Å². The summed E-state index contributed by atoms with van der Waals surface area (Å²) in [4.78, 5) is 33.0. The molecule has 1 aliphatic heterocycles. The molecule has 11 nitrogen and oxygen atoms in total. The van der Waals surface area contributed by atoms with Gasteiger partial charge in [-0.15, -0.1) is 0 Å². The maximum atomic E-state index is 11.2. The highest BCUT2D eigenvalue weighted by atomic mass is 16.7. The summed E-state index contributed by atoms with van der Waals surface area (Å²) in [5, 5.41) is 53.0. The minimum Gasteiger partial charge on any atom is -0.544 e. The average Bonchev–Trinajstić information content (AvgIpc) is 2.46. The van der Waals surface area contributed by atoms with Crippen molar-refractivity contribution in [3.63, 3.8) is 0 Å². The van der Waals surface area contributed by atoms with Gasteiger partial charge in [0, 0.05) is 20.3 Å². The second-order valence-electron chi connectivity index (χ2n) is 5.51. The molecule has 0 saturated carbocycles. The molecule has 0 radical (unpaired) electrons. The van der Waals surface area contributed by atoms with Gasteiger partial charge in [-0.25, -0.2) is 0 Å². The molecule has 24 heavy (non-hydrogen) atoms. The second kappa shape index (κ2) is 7.85. The van der Waals surface area contributed by atoms with Crippen molar-refractivity contribution < 1.29 is 49.4 Å². The maximum Gasteiger partial charge on any atom is 0.302 e. The zero-order valence-corrected chi connectivity index (χ0v) is 13.0. The summed E-state index contributed by atoms with van der Waals surface area (Å²) in [6, 6.07) is -1.33. The minimum atomic E-state index is -2.93. The molecule has 0 bridgehead atoms. The Labute approximate surface area is 136 Å². The third kappa shape index (κ3) is 4.85. The first-order valence-corrected chi connectivity index (χ1v) is 7.04. The third-order valence-electron chi connectivity index (χ3n) is 3.46. The number of hydrogen-bond donors (Lipinski definition) is 5. The van der Waals surface area contributed by atoms with Crippen molar-refractivity contribution >= 4 is 17.8 Å². The highest BCUT2D eigenvalue weighted by Gasteiger charge is 2.50. The van der Waals surface area contributed by atoms with Crippen molar-refractivity contribution in [3.05, 3.63) is 0 Å². The Bertz CT molecular complexity index is 497. The number of rotatable bonds is 6. The number of carboxylic acid groups (broad SMARTS) is 1. The van der Waals surface area contributed by atoms with Gasteiger partial charge in [0.1, 0.15) is 30.9 Å². The molecule has 11 heteroatoms. The number of carbonyl (C=O) groups is 3. The van der Waals surface area contributed by atoms with E-state index in [0.717, 1.165) is 13.8 Å². The average molecular weight is 350 g/mol. The van der Waals surface area contributed by atoms with Gasteiger partial charge in [-0.2, -0.15) is 0 Å². The van der Waals surface area contributed by atoms with Crippen LogP contribution in [-0.2, 0) is 23.9 Å². The summed E-state index contributed by atoms with van der Waals surface area (Å²) in [7, 11) is 0. The van der Waals surface area contributed by atoms with Crippen molar-refractivity contribution in [2.24, 2.45) is 0 Å². The lowest BCUT2D eigenvalue weighted by Gasteiger charge is -2.46. The van der Waals surface area contributed by atoms with E-state index in [0.29, 0.717) is 0 Å². The summed E-state index contributed by atoms with van der Waals surface area (Å²) >= 11 is 0. The molecule has 138 valence electrons. The zero-order valence-electron chi connectivity index (χ0n) is 13.0. The molecule has 0 aromatic rings. The van der Waals surface area contributed by atoms with Crippen LogP contribution in [0.3, 0.4) is 0 Å². The van der Waals surface area contributed by atoms with Gasteiger partial charge in [0.25, 0.3) is 0 Å². The number of esters is 1. The number of carbonyl (C=O) groups excluding carboxylic acids is 3. The molecule has 0 aromatic carbocycles. The Hall–Kier alpha value is -1.79. The van der Waals surface area contributed by atoms with Crippen molar-refractivity contribution in [2.45, 2.75) is 56.5 Å². The number of aliphatic hydroxyl groups excluding tert-OH is 3. The van der Waals surface area contributed by atoms with Crippen LogP contribution in [0.1, 0.15) is 20.3 Å². The fraction of sp³-hybridized carbons (Fsp3) is 0.769. The third-order valence-corrected chi connectivity index (χ3v) is 3.46. The van der Waals surface area contributed by atoms with Gasteiger partial charge in [0.15, 0.2) is 0 Å². The monoisotopic (exact) mass is 350 g/mol. The lowest BCUT2D eigenvalue weighted by Crippen LogP contribution is -2.68. The Kier molecular flexibility index (Phi) is 6.63. The lowest BCUT2D eigenvalue weighted by atomic mass is 9.88. The smallest absolute Gasteiger partial charge is 0.302 e. The first-order chi connectivity index (χ1) is 11.0. The quantitative estimate of drug-likeness (QED) is 0.292. The summed E-state index contributed by atoms with van der Waals surface area (Å²) in [6.07, 6.45) is -7.80. The molecule has 0 spiro atoms. The van der Waals surface area contributed by atoms with Gasteiger partial charge >= 0.3 is 5.97 Å². The number of carboxylic acids is 1. The van der Waals surface area contributed by atoms with Crippen LogP contribution in [0.4, 0.5) is 0 Å². The topological polar surface area (TPSA) is 186 Å². The van der Waals surface area contributed by atoms with E-state index in [-0.39, 0.29) is 0 Å². The number of aliphatic carboxylic acids is 1. The highest BCUT2D eigenvalue weighted by molar-refractivity contribution is 5.74. The summed E-state index contributed by atoms with van der Waals surface area (Å²) in [6.45, 7) is 1.52. The van der Waals surface area contributed by atoms with Crippen LogP contribution < -0.4 is 10.4 Å². The predicted molar refractivity (Wildman–Crippen MR) is 71.7 cm³/mol. The van der Waals surface area contributed by atoms with Crippen LogP contribution in [0.25, 0.3) is 0 Å². The number of nitrogens with one attached hydrogen (secondary N) is 1. The fourth-order valence-electron chi connectivity index (χ4n) is 2.32. The van der Waals surface area contributed by atoms with Gasteiger partial charge in [-0.05, 0) is 0 Å². The summed E-state index contributed by atoms with van der Waals surface area (Å²) in [5.41, 5.74) is 0. The Morgan fingerprint density at radius 3 is 2.42 bits per heavy atom. The molecular formula is C13H20NO10-. The van der Waals surface area contributed by atoms with E-state index >= 15 is 0 Å². The molecule has 1 amide bonds. The van der Waals surface area contributed by atoms with Crippen LogP contribution in [-0.4, -0.2) is 81.1 Å². The van der Waals surface area contributed by atoms with E-state index in [9.17, 15) is 39.9 Å². The first-order valence-electron chi connectivity index (χ1n) is 7.04. The first kappa shape index (κ1) is 20.3. The molecule has 3 unspecified atom stereocenters. The highest BCUT2D eigenvalue weighted by Crippen LogP contribution is 2.30. The van der Waals surface area contributed by atoms with Gasteiger partial charge in [0.2, 0.25) is 11.7 Å². The Balaban J connectivity index is 3.01. The summed E-state index contributed by atoms with van der Waals surface area (Å²) < 4.78 is 9.39. The number of aliphatic hydroxyl groups is 4. The molecule has 1 aliphatic rings. The van der Waals surface area contributed by atoms with Gasteiger partial charge in [0.05, 0.1) is 12.1 Å². The predicted octanol–water partition coefficient (Wildman–Crippen LogP) is -4.64. The largest absolute Gasteiger partial charge is 0.544 e. The van der Waals surface area contributed by atoms with Crippen molar-refractivity contribution in [1.29, 1.82) is 0 Å². The van der Waals surface area contributed by atoms with Crippen LogP contribution in [0, 0.1) is 0 Å². The molecule has 6 atom stereocenters. The lowest BCUT2D eigenvalue weighted by molar-refractivity contribution is -0.374. The van der Waals surface area contributed by atoms with E-state index in [4.69, 9.17) is 4.74 Å². The van der Waals surface area contributed by atoms with E-state index in [1.807, 2.05) is 0 Å². The zero-order chi connectivity index (χ0) is 18.7.